The minimum absolute atomic E-state index is 0.140. The first-order valence-electron chi connectivity index (χ1n) is 4.87. The molecule has 0 rings (SSSR count). The Morgan fingerprint density at radius 3 is 2.40 bits per heavy atom. The third-order valence-electron chi connectivity index (χ3n) is 2.15. The molecule has 15 heavy (non-hydrogen) atoms. The number of rotatable bonds is 7. The van der Waals surface area contributed by atoms with Gasteiger partial charge in [-0.1, -0.05) is 6.92 Å². The van der Waals surface area contributed by atoms with Crippen molar-refractivity contribution in [3.63, 3.8) is 0 Å². The molecule has 0 fully saturated rings. The molecule has 0 radical (unpaired) electrons. The summed E-state index contributed by atoms with van der Waals surface area (Å²) in [7, 11) is 0.206. The Bertz CT molecular complexity index is 286. The minimum atomic E-state index is -2.92. The lowest BCUT2D eigenvalue weighted by Gasteiger charge is -2.15. The van der Waals surface area contributed by atoms with E-state index in [0.29, 0.717) is 19.5 Å². The summed E-state index contributed by atoms with van der Waals surface area (Å²) < 4.78 is 26.8. The van der Waals surface area contributed by atoms with Crippen LogP contribution in [-0.2, 0) is 19.4 Å². The van der Waals surface area contributed by atoms with Gasteiger partial charge in [0.1, 0.15) is 0 Å². The number of sulfone groups is 1. The zero-order valence-corrected chi connectivity index (χ0v) is 10.3. The number of methoxy groups -OCH3 is 1. The first-order chi connectivity index (χ1) is 6.91. The molecule has 0 aromatic heterocycles. The van der Waals surface area contributed by atoms with Crippen LogP contribution in [-0.4, -0.2) is 58.0 Å². The van der Waals surface area contributed by atoms with Gasteiger partial charge < -0.3 is 9.64 Å². The van der Waals surface area contributed by atoms with Gasteiger partial charge in [0.05, 0.1) is 19.3 Å². The molecule has 0 N–H and O–H groups in total. The molecule has 0 unspecified atom stereocenters. The highest BCUT2D eigenvalue weighted by atomic mass is 32.2. The summed E-state index contributed by atoms with van der Waals surface area (Å²) in [5.41, 5.74) is 0. The topological polar surface area (TPSA) is 63.7 Å². The minimum Gasteiger partial charge on any atom is -0.469 e. The van der Waals surface area contributed by atoms with E-state index < -0.39 is 9.84 Å². The van der Waals surface area contributed by atoms with Crippen LogP contribution in [0.4, 0.5) is 0 Å². The van der Waals surface area contributed by atoms with Crippen molar-refractivity contribution >= 4 is 15.8 Å². The molecular formula is C9H19NO4S. The summed E-state index contributed by atoms with van der Waals surface area (Å²) >= 11 is 0. The molecule has 0 amide bonds. The average Bonchev–Trinajstić information content (AvgIpc) is 2.23. The summed E-state index contributed by atoms with van der Waals surface area (Å²) in [6.07, 6.45) is 0.291. The lowest BCUT2D eigenvalue weighted by molar-refractivity contribution is -0.140. The van der Waals surface area contributed by atoms with Crippen LogP contribution >= 0.6 is 0 Å². The highest BCUT2D eigenvalue weighted by Crippen LogP contribution is 1.94. The Morgan fingerprint density at radius 2 is 1.93 bits per heavy atom. The zero-order chi connectivity index (χ0) is 11.9. The smallest absolute Gasteiger partial charge is 0.306 e. The van der Waals surface area contributed by atoms with Gasteiger partial charge in [-0.25, -0.2) is 8.42 Å². The van der Waals surface area contributed by atoms with Crippen LogP contribution in [0.15, 0.2) is 0 Å². The number of ether oxygens (including phenoxy) is 1. The Balaban J connectivity index is 3.76. The zero-order valence-electron chi connectivity index (χ0n) is 9.52. The van der Waals surface area contributed by atoms with E-state index in [1.807, 2.05) is 4.90 Å². The Kier molecular flexibility index (Phi) is 6.51. The van der Waals surface area contributed by atoms with Gasteiger partial charge in [-0.2, -0.15) is 0 Å². The second-order valence-corrected chi connectivity index (χ2v) is 5.84. The molecule has 0 heterocycles. The van der Waals surface area contributed by atoms with Crippen LogP contribution in [0.25, 0.3) is 0 Å². The number of nitrogens with zero attached hydrogens (tertiary/aromatic N) is 1. The lowest BCUT2D eigenvalue weighted by atomic mass is 10.4. The maximum Gasteiger partial charge on any atom is 0.306 e. The molecule has 0 aromatic rings. The van der Waals surface area contributed by atoms with Crippen LogP contribution in [0.2, 0.25) is 0 Å². The third kappa shape index (κ3) is 7.33. The van der Waals surface area contributed by atoms with Crippen LogP contribution in [0.1, 0.15) is 13.3 Å². The highest BCUT2D eigenvalue weighted by Gasteiger charge is 2.10. The molecule has 0 atom stereocenters. The molecule has 0 spiro atoms. The van der Waals surface area contributed by atoms with Gasteiger partial charge in [0.2, 0.25) is 0 Å². The monoisotopic (exact) mass is 237 g/mol. The molecule has 0 bridgehead atoms. The molecule has 5 nitrogen and oxygen atoms in total. The van der Waals surface area contributed by atoms with E-state index in [4.69, 9.17) is 0 Å². The van der Waals surface area contributed by atoms with Crippen molar-refractivity contribution in [1.82, 2.24) is 4.90 Å². The SMILES string of the molecule is CCS(=O)(=O)CCN(C)CCC(=O)OC. The standard InChI is InChI=1S/C9H19NO4S/c1-4-15(12,13)8-7-10(2)6-5-9(11)14-3/h4-8H2,1-3H3. The van der Waals surface area contributed by atoms with Crippen LogP contribution < -0.4 is 0 Å². The molecule has 0 aliphatic carbocycles. The lowest BCUT2D eigenvalue weighted by Crippen LogP contribution is -2.28. The van der Waals surface area contributed by atoms with E-state index in [-0.39, 0.29) is 17.5 Å². The fourth-order valence-electron chi connectivity index (χ4n) is 0.935. The van der Waals surface area contributed by atoms with E-state index in [9.17, 15) is 13.2 Å². The number of hydrogen-bond acceptors (Lipinski definition) is 5. The van der Waals surface area contributed by atoms with Gasteiger partial charge in [0.15, 0.2) is 9.84 Å². The van der Waals surface area contributed by atoms with E-state index in [1.54, 1.807) is 14.0 Å². The average molecular weight is 237 g/mol. The highest BCUT2D eigenvalue weighted by molar-refractivity contribution is 7.91. The number of carbonyl (C=O) groups is 1. The quantitative estimate of drug-likeness (QED) is 0.579. The van der Waals surface area contributed by atoms with Gasteiger partial charge in [0, 0.05) is 18.8 Å². The normalized spacial score (nSPS) is 11.7. The molecule has 6 heteroatoms. The van der Waals surface area contributed by atoms with Gasteiger partial charge in [-0.05, 0) is 7.05 Å². The summed E-state index contributed by atoms with van der Waals surface area (Å²) in [5, 5.41) is 0. The number of carbonyl (C=O) groups excluding carboxylic acids is 1. The molecule has 0 aliphatic heterocycles. The van der Waals surface area contributed by atoms with Crippen molar-refractivity contribution in [1.29, 1.82) is 0 Å². The van der Waals surface area contributed by atoms with Crippen LogP contribution in [0.3, 0.4) is 0 Å². The molecule has 0 saturated carbocycles. The van der Waals surface area contributed by atoms with E-state index >= 15 is 0 Å². The van der Waals surface area contributed by atoms with Crippen molar-refractivity contribution in [2.75, 3.05) is 38.8 Å². The first kappa shape index (κ1) is 14.4. The summed E-state index contributed by atoms with van der Waals surface area (Å²) in [6.45, 7) is 2.60. The first-order valence-corrected chi connectivity index (χ1v) is 6.69. The predicted molar refractivity (Wildman–Crippen MR) is 58.5 cm³/mol. The van der Waals surface area contributed by atoms with E-state index in [1.165, 1.54) is 7.11 Å². The van der Waals surface area contributed by atoms with Crippen molar-refractivity contribution in [2.45, 2.75) is 13.3 Å². The number of hydrogen-bond donors (Lipinski definition) is 0. The third-order valence-corrected chi connectivity index (χ3v) is 3.83. The second-order valence-electron chi connectivity index (χ2n) is 3.37. The van der Waals surface area contributed by atoms with E-state index in [2.05, 4.69) is 4.74 Å². The van der Waals surface area contributed by atoms with Gasteiger partial charge >= 0.3 is 5.97 Å². The Labute approximate surface area is 91.3 Å². The van der Waals surface area contributed by atoms with E-state index in [0.717, 1.165) is 0 Å². The largest absolute Gasteiger partial charge is 0.469 e. The van der Waals surface area contributed by atoms with Crippen molar-refractivity contribution in [3.8, 4) is 0 Å². The summed E-state index contributed by atoms with van der Waals surface area (Å²) in [5.74, 6) is 0.0270. The maximum absolute atomic E-state index is 11.2. The van der Waals surface area contributed by atoms with Crippen molar-refractivity contribution < 1.29 is 17.9 Å². The molecular weight excluding hydrogens is 218 g/mol. The summed E-state index contributed by atoms with van der Waals surface area (Å²) in [6, 6.07) is 0. The predicted octanol–water partition coefficient (Wildman–Crippen LogP) is -0.0840. The van der Waals surface area contributed by atoms with Crippen molar-refractivity contribution in [2.24, 2.45) is 0 Å². The second kappa shape index (κ2) is 6.79. The molecule has 90 valence electrons. The van der Waals surface area contributed by atoms with Crippen molar-refractivity contribution in [3.05, 3.63) is 0 Å². The van der Waals surface area contributed by atoms with Crippen LogP contribution in [0.5, 0.6) is 0 Å². The molecule has 0 saturated heterocycles. The Hall–Kier alpha value is -0.620. The van der Waals surface area contributed by atoms with Gasteiger partial charge in [-0.3, -0.25) is 4.79 Å². The molecule has 0 aromatic carbocycles. The van der Waals surface area contributed by atoms with Gasteiger partial charge in [0.25, 0.3) is 0 Å². The maximum atomic E-state index is 11.2. The fourth-order valence-corrected chi connectivity index (χ4v) is 1.81. The molecule has 0 aliphatic rings. The fraction of sp³-hybridized carbons (Fsp3) is 0.889. The Morgan fingerprint density at radius 1 is 1.33 bits per heavy atom. The number of esters is 1. The van der Waals surface area contributed by atoms with Crippen LogP contribution in [0, 0.1) is 0 Å². The summed E-state index contributed by atoms with van der Waals surface area (Å²) in [4.78, 5) is 12.6. The van der Waals surface area contributed by atoms with Gasteiger partial charge in [-0.15, -0.1) is 0 Å².